The summed E-state index contributed by atoms with van der Waals surface area (Å²) in [4.78, 5) is 6.63. The molecule has 2 aliphatic heterocycles. The van der Waals surface area contributed by atoms with Crippen LogP contribution in [0.1, 0.15) is 44.0 Å². The van der Waals surface area contributed by atoms with Crippen molar-refractivity contribution in [1.29, 1.82) is 0 Å². The molecule has 118 valence electrons. The second kappa shape index (κ2) is 6.55. The molecule has 0 aliphatic carbocycles. The third-order valence-corrected chi connectivity index (χ3v) is 6.41. The van der Waals surface area contributed by atoms with Crippen LogP contribution in [0.15, 0.2) is 12.1 Å². The Balaban J connectivity index is 1.85. The summed E-state index contributed by atoms with van der Waals surface area (Å²) < 4.78 is 0.866. The lowest BCUT2D eigenvalue weighted by Gasteiger charge is -2.47. The molecule has 0 bridgehead atoms. The second-order valence-corrected chi connectivity index (χ2v) is 8.24. The van der Waals surface area contributed by atoms with Crippen molar-refractivity contribution in [2.24, 2.45) is 5.73 Å². The van der Waals surface area contributed by atoms with E-state index in [1.807, 2.05) is 6.07 Å². The van der Waals surface area contributed by atoms with E-state index in [4.69, 9.17) is 17.3 Å². The predicted molar refractivity (Wildman–Crippen MR) is 91.1 cm³/mol. The van der Waals surface area contributed by atoms with E-state index in [1.165, 1.54) is 30.8 Å². The zero-order valence-electron chi connectivity index (χ0n) is 13.0. The first-order valence-corrected chi connectivity index (χ1v) is 9.30. The van der Waals surface area contributed by atoms with E-state index < -0.39 is 0 Å². The topological polar surface area (TPSA) is 32.5 Å². The van der Waals surface area contributed by atoms with E-state index in [-0.39, 0.29) is 6.04 Å². The Labute approximate surface area is 137 Å². The summed E-state index contributed by atoms with van der Waals surface area (Å²) in [5.74, 6) is 0. The number of nitrogens with two attached hydrogens (primary N) is 1. The monoisotopic (exact) mass is 327 g/mol. The molecule has 0 spiro atoms. The maximum absolute atomic E-state index is 6.50. The minimum Gasteiger partial charge on any atom is -0.326 e. The van der Waals surface area contributed by atoms with Gasteiger partial charge in [0.1, 0.15) is 0 Å². The smallest absolute Gasteiger partial charge is 0.0931 e. The number of piperazine rings is 1. The molecule has 1 aromatic heterocycles. The quantitative estimate of drug-likeness (QED) is 0.920. The summed E-state index contributed by atoms with van der Waals surface area (Å²) in [6.45, 7) is 8.13. The molecule has 2 N–H and O–H groups in total. The van der Waals surface area contributed by atoms with Crippen molar-refractivity contribution >= 4 is 22.9 Å². The fourth-order valence-electron chi connectivity index (χ4n) is 3.93. The first-order chi connectivity index (χ1) is 10.1. The lowest BCUT2D eigenvalue weighted by Crippen LogP contribution is -2.58. The van der Waals surface area contributed by atoms with Crippen LogP contribution < -0.4 is 5.73 Å². The Hall–Kier alpha value is -0.130. The van der Waals surface area contributed by atoms with Crippen LogP contribution in [0, 0.1) is 0 Å². The van der Waals surface area contributed by atoms with Gasteiger partial charge in [0.15, 0.2) is 0 Å². The van der Waals surface area contributed by atoms with Gasteiger partial charge in [0.25, 0.3) is 0 Å². The Kier molecular flexibility index (Phi) is 4.91. The van der Waals surface area contributed by atoms with E-state index in [9.17, 15) is 0 Å². The van der Waals surface area contributed by atoms with Gasteiger partial charge in [-0.3, -0.25) is 9.80 Å². The van der Waals surface area contributed by atoms with Crippen molar-refractivity contribution in [3.63, 3.8) is 0 Å². The zero-order chi connectivity index (χ0) is 15.0. The maximum atomic E-state index is 6.50. The molecule has 0 saturated carbocycles. The number of fused-ring (bicyclic) bond motifs is 1. The summed E-state index contributed by atoms with van der Waals surface area (Å²) in [7, 11) is 0. The van der Waals surface area contributed by atoms with Crippen LogP contribution in [0.2, 0.25) is 4.34 Å². The average molecular weight is 328 g/mol. The van der Waals surface area contributed by atoms with Gasteiger partial charge in [0, 0.05) is 36.1 Å². The van der Waals surface area contributed by atoms with Gasteiger partial charge < -0.3 is 5.73 Å². The van der Waals surface area contributed by atoms with Gasteiger partial charge in [-0.25, -0.2) is 0 Å². The van der Waals surface area contributed by atoms with Crippen molar-refractivity contribution in [1.82, 2.24) is 9.80 Å². The zero-order valence-corrected chi connectivity index (χ0v) is 14.5. The molecule has 2 aliphatic rings. The van der Waals surface area contributed by atoms with Crippen molar-refractivity contribution in [2.45, 2.75) is 57.3 Å². The number of rotatable bonds is 4. The van der Waals surface area contributed by atoms with Crippen molar-refractivity contribution in [3.05, 3.63) is 21.3 Å². The van der Waals surface area contributed by atoms with Gasteiger partial charge in [0.05, 0.1) is 10.4 Å². The first kappa shape index (κ1) is 15.8. The molecular weight excluding hydrogens is 302 g/mol. The van der Waals surface area contributed by atoms with Crippen LogP contribution in [-0.2, 0) is 0 Å². The normalized spacial score (nSPS) is 30.3. The van der Waals surface area contributed by atoms with Crippen LogP contribution in [0.25, 0.3) is 0 Å². The van der Waals surface area contributed by atoms with Crippen LogP contribution in [0.3, 0.4) is 0 Å². The maximum Gasteiger partial charge on any atom is 0.0931 e. The molecule has 21 heavy (non-hydrogen) atoms. The standard InChI is InChI=1S/C16H26ClN3S/c1-3-13(18)16(14-6-7-15(17)21-14)20-10-12-5-4-8-19(12)9-11(20)2/h6-7,11-13,16H,3-5,8-10,18H2,1-2H3. The van der Waals surface area contributed by atoms with Gasteiger partial charge in [0.2, 0.25) is 0 Å². The summed E-state index contributed by atoms with van der Waals surface area (Å²) in [6.07, 6.45) is 3.68. The molecule has 3 heterocycles. The van der Waals surface area contributed by atoms with Crippen LogP contribution in [0.4, 0.5) is 0 Å². The van der Waals surface area contributed by atoms with Crippen molar-refractivity contribution < 1.29 is 0 Å². The molecule has 0 radical (unpaired) electrons. The average Bonchev–Trinajstić information content (AvgIpc) is 3.08. The molecule has 0 aromatic carbocycles. The first-order valence-electron chi connectivity index (χ1n) is 8.10. The highest BCUT2D eigenvalue weighted by atomic mass is 35.5. The van der Waals surface area contributed by atoms with Gasteiger partial charge in [-0.2, -0.15) is 0 Å². The number of nitrogens with zero attached hydrogens (tertiary/aromatic N) is 2. The molecule has 3 rings (SSSR count). The van der Waals surface area contributed by atoms with E-state index in [0.29, 0.717) is 12.1 Å². The van der Waals surface area contributed by atoms with Crippen LogP contribution in [0.5, 0.6) is 0 Å². The van der Waals surface area contributed by atoms with Gasteiger partial charge in [-0.15, -0.1) is 11.3 Å². The third-order valence-electron chi connectivity index (χ3n) is 5.11. The highest BCUT2D eigenvalue weighted by molar-refractivity contribution is 7.16. The SMILES string of the molecule is CCC(N)C(c1ccc(Cl)s1)N1CC2CCCN2CC1C. The molecule has 1 aromatic rings. The number of hydrogen-bond donors (Lipinski definition) is 1. The fraction of sp³-hybridized carbons (Fsp3) is 0.750. The van der Waals surface area contributed by atoms with E-state index in [1.54, 1.807) is 11.3 Å². The Morgan fingerprint density at radius 2 is 2.24 bits per heavy atom. The lowest BCUT2D eigenvalue weighted by atomic mass is 9.97. The molecule has 4 atom stereocenters. The number of hydrogen-bond acceptors (Lipinski definition) is 4. The number of thiophene rings is 1. The van der Waals surface area contributed by atoms with Crippen molar-refractivity contribution in [2.75, 3.05) is 19.6 Å². The summed E-state index contributed by atoms with van der Waals surface area (Å²) >= 11 is 7.86. The van der Waals surface area contributed by atoms with Gasteiger partial charge >= 0.3 is 0 Å². The molecule has 4 unspecified atom stereocenters. The largest absolute Gasteiger partial charge is 0.326 e. The predicted octanol–water partition coefficient (Wildman–Crippen LogP) is 3.35. The molecular formula is C16H26ClN3S. The Morgan fingerprint density at radius 3 is 2.90 bits per heavy atom. The minimum absolute atomic E-state index is 0.176. The molecule has 2 fully saturated rings. The lowest BCUT2D eigenvalue weighted by molar-refractivity contribution is 0.0195. The van der Waals surface area contributed by atoms with E-state index >= 15 is 0 Å². The van der Waals surface area contributed by atoms with Gasteiger partial charge in [-0.1, -0.05) is 18.5 Å². The summed E-state index contributed by atoms with van der Waals surface area (Å²) in [6, 6.07) is 5.94. The summed E-state index contributed by atoms with van der Waals surface area (Å²) in [5, 5.41) is 0. The molecule has 2 saturated heterocycles. The fourth-order valence-corrected chi connectivity index (χ4v) is 5.19. The van der Waals surface area contributed by atoms with Crippen LogP contribution >= 0.6 is 22.9 Å². The third kappa shape index (κ3) is 3.15. The number of halogens is 1. The Bertz CT molecular complexity index is 478. The second-order valence-electron chi connectivity index (χ2n) is 6.50. The molecule has 5 heteroatoms. The van der Waals surface area contributed by atoms with Crippen LogP contribution in [-0.4, -0.2) is 47.6 Å². The Morgan fingerprint density at radius 1 is 1.43 bits per heavy atom. The van der Waals surface area contributed by atoms with E-state index in [2.05, 4.69) is 29.7 Å². The van der Waals surface area contributed by atoms with E-state index in [0.717, 1.165) is 23.3 Å². The van der Waals surface area contributed by atoms with Crippen molar-refractivity contribution in [3.8, 4) is 0 Å². The highest BCUT2D eigenvalue weighted by Gasteiger charge is 2.39. The highest BCUT2D eigenvalue weighted by Crippen LogP contribution is 2.37. The molecule has 3 nitrogen and oxygen atoms in total. The molecule has 0 amide bonds. The van der Waals surface area contributed by atoms with Gasteiger partial charge in [-0.05, 0) is 44.9 Å². The summed E-state index contributed by atoms with van der Waals surface area (Å²) in [5.41, 5.74) is 6.50. The minimum atomic E-state index is 0.176.